The zero-order valence-corrected chi connectivity index (χ0v) is 18.1. The van der Waals surface area contributed by atoms with Gasteiger partial charge >= 0.3 is 0 Å². The topological polar surface area (TPSA) is 64.1 Å². The molecule has 30 heavy (non-hydrogen) atoms. The largest absolute Gasteiger partial charge is 0.497 e. The lowest BCUT2D eigenvalue weighted by atomic mass is 10.0. The van der Waals surface area contributed by atoms with Crippen molar-refractivity contribution in [3.63, 3.8) is 0 Å². The van der Waals surface area contributed by atoms with Crippen LogP contribution in [-0.2, 0) is 9.47 Å². The van der Waals surface area contributed by atoms with Crippen molar-refractivity contribution in [2.45, 2.75) is 37.9 Å². The van der Waals surface area contributed by atoms with E-state index in [1.807, 2.05) is 23.1 Å². The standard InChI is InChI=1S/C23H31N3O4/c1-28-16-6-10-25(11-7-16)22-19-14-18(30-3)4-5-21(19)24-15-20(22)23(27)26-12-8-17(29-2)9-13-26/h4-5,14-17H,6-13H2,1-3H3. The van der Waals surface area contributed by atoms with Crippen LogP contribution < -0.4 is 9.64 Å². The quantitative estimate of drug-likeness (QED) is 0.751. The van der Waals surface area contributed by atoms with Gasteiger partial charge in [0.15, 0.2) is 0 Å². The molecule has 0 unspecified atom stereocenters. The molecule has 1 amide bonds. The summed E-state index contributed by atoms with van der Waals surface area (Å²) in [5, 5.41) is 0.961. The minimum absolute atomic E-state index is 0.0469. The molecule has 2 aliphatic rings. The lowest BCUT2D eigenvalue weighted by Gasteiger charge is -2.36. The number of piperidine rings is 2. The van der Waals surface area contributed by atoms with E-state index in [-0.39, 0.29) is 18.1 Å². The molecule has 4 rings (SSSR count). The van der Waals surface area contributed by atoms with Crippen LogP contribution in [0.5, 0.6) is 5.75 Å². The lowest BCUT2D eigenvalue weighted by molar-refractivity contribution is 0.0351. The van der Waals surface area contributed by atoms with Gasteiger partial charge in [-0.05, 0) is 43.9 Å². The van der Waals surface area contributed by atoms with Gasteiger partial charge in [0.25, 0.3) is 5.91 Å². The average molecular weight is 414 g/mol. The molecule has 1 aromatic carbocycles. The predicted molar refractivity (Wildman–Crippen MR) is 116 cm³/mol. The summed E-state index contributed by atoms with van der Waals surface area (Å²) in [4.78, 5) is 22.4. The number of nitrogens with zero attached hydrogens (tertiary/aromatic N) is 3. The van der Waals surface area contributed by atoms with Crippen molar-refractivity contribution in [1.82, 2.24) is 9.88 Å². The minimum Gasteiger partial charge on any atom is -0.497 e. The van der Waals surface area contributed by atoms with Crippen molar-refractivity contribution in [3.8, 4) is 5.75 Å². The second-order valence-corrected chi connectivity index (χ2v) is 8.05. The SMILES string of the molecule is COc1ccc2ncc(C(=O)N3CCC(OC)CC3)c(N3CCC(OC)CC3)c2c1. The highest BCUT2D eigenvalue weighted by atomic mass is 16.5. The Balaban J connectivity index is 1.72. The lowest BCUT2D eigenvalue weighted by Crippen LogP contribution is -2.42. The summed E-state index contributed by atoms with van der Waals surface area (Å²) in [7, 11) is 5.17. The fraction of sp³-hybridized carbons (Fsp3) is 0.565. The molecule has 2 aliphatic heterocycles. The van der Waals surface area contributed by atoms with E-state index in [4.69, 9.17) is 14.2 Å². The number of pyridine rings is 1. The molecule has 162 valence electrons. The number of benzene rings is 1. The van der Waals surface area contributed by atoms with Gasteiger partial charge in [-0.15, -0.1) is 0 Å². The molecule has 7 heteroatoms. The van der Waals surface area contributed by atoms with Crippen LogP contribution in [0.2, 0.25) is 0 Å². The first kappa shape index (κ1) is 20.9. The second-order valence-electron chi connectivity index (χ2n) is 8.05. The van der Waals surface area contributed by atoms with Gasteiger partial charge in [0.1, 0.15) is 5.75 Å². The van der Waals surface area contributed by atoms with Crippen LogP contribution in [0.1, 0.15) is 36.0 Å². The molecule has 0 N–H and O–H groups in total. The van der Waals surface area contributed by atoms with E-state index in [2.05, 4.69) is 9.88 Å². The summed E-state index contributed by atoms with van der Waals surface area (Å²) in [6.45, 7) is 3.11. The third-order valence-corrected chi connectivity index (χ3v) is 6.43. The first-order valence-electron chi connectivity index (χ1n) is 10.7. The summed E-state index contributed by atoms with van der Waals surface area (Å²) in [6.07, 6.45) is 5.87. The van der Waals surface area contributed by atoms with Gasteiger partial charge in [0.05, 0.1) is 36.1 Å². The fourth-order valence-corrected chi connectivity index (χ4v) is 4.56. The molecule has 2 aromatic rings. The Bertz CT molecular complexity index is 887. The van der Waals surface area contributed by atoms with Crippen LogP contribution in [0, 0.1) is 0 Å². The number of hydrogen-bond acceptors (Lipinski definition) is 6. The normalized spacial score (nSPS) is 18.8. The molecule has 3 heterocycles. The number of rotatable bonds is 5. The number of anilines is 1. The van der Waals surface area contributed by atoms with E-state index in [0.717, 1.165) is 61.1 Å². The molecule has 0 atom stereocenters. The van der Waals surface area contributed by atoms with Crippen molar-refractivity contribution in [2.24, 2.45) is 0 Å². The summed E-state index contributed by atoms with van der Waals surface area (Å²) in [5.41, 5.74) is 2.50. The van der Waals surface area contributed by atoms with E-state index in [9.17, 15) is 4.79 Å². The summed E-state index contributed by atoms with van der Waals surface area (Å²) < 4.78 is 16.5. The van der Waals surface area contributed by atoms with Gasteiger partial charge in [-0.3, -0.25) is 9.78 Å². The van der Waals surface area contributed by atoms with Crippen molar-refractivity contribution in [2.75, 3.05) is 52.4 Å². The smallest absolute Gasteiger partial charge is 0.257 e. The van der Waals surface area contributed by atoms with Gasteiger partial charge in [0, 0.05) is 52.0 Å². The average Bonchev–Trinajstić information content (AvgIpc) is 2.82. The molecule has 0 bridgehead atoms. The molecule has 7 nitrogen and oxygen atoms in total. The Hall–Kier alpha value is -2.38. The Morgan fingerprint density at radius 2 is 1.60 bits per heavy atom. The predicted octanol–water partition coefficient (Wildman–Crippen LogP) is 3.11. The Morgan fingerprint density at radius 1 is 0.967 bits per heavy atom. The molecular weight excluding hydrogens is 382 g/mol. The number of carbonyl (C=O) groups excluding carboxylic acids is 1. The number of fused-ring (bicyclic) bond motifs is 1. The van der Waals surface area contributed by atoms with Gasteiger partial charge in [0.2, 0.25) is 0 Å². The first-order chi connectivity index (χ1) is 14.6. The molecule has 0 aliphatic carbocycles. The van der Waals surface area contributed by atoms with Gasteiger partial charge in [-0.1, -0.05) is 0 Å². The summed E-state index contributed by atoms with van der Waals surface area (Å²) in [6, 6.07) is 5.86. The molecule has 0 radical (unpaired) electrons. The monoisotopic (exact) mass is 413 g/mol. The maximum atomic E-state index is 13.5. The number of amides is 1. The number of hydrogen-bond donors (Lipinski definition) is 0. The van der Waals surface area contributed by atoms with E-state index in [1.54, 1.807) is 27.5 Å². The minimum atomic E-state index is 0.0469. The molecule has 2 fully saturated rings. The number of aromatic nitrogens is 1. The number of likely N-dealkylation sites (tertiary alicyclic amines) is 1. The summed E-state index contributed by atoms with van der Waals surface area (Å²) >= 11 is 0. The molecular formula is C23H31N3O4. The van der Waals surface area contributed by atoms with E-state index >= 15 is 0 Å². The van der Waals surface area contributed by atoms with Crippen LogP contribution in [0.15, 0.2) is 24.4 Å². The van der Waals surface area contributed by atoms with Crippen LogP contribution in [0.3, 0.4) is 0 Å². The number of ether oxygens (including phenoxy) is 3. The molecule has 0 saturated carbocycles. The maximum Gasteiger partial charge on any atom is 0.257 e. The highest BCUT2D eigenvalue weighted by Crippen LogP contribution is 2.35. The molecule has 2 saturated heterocycles. The zero-order chi connectivity index (χ0) is 21.1. The van der Waals surface area contributed by atoms with Crippen LogP contribution >= 0.6 is 0 Å². The Labute approximate surface area is 177 Å². The van der Waals surface area contributed by atoms with Gasteiger partial charge in [-0.25, -0.2) is 0 Å². The fourth-order valence-electron chi connectivity index (χ4n) is 4.56. The first-order valence-corrected chi connectivity index (χ1v) is 10.7. The van der Waals surface area contributed by atoms with Crippen LogP contribution in [-0.4, -0.2) is 75.5 Å². The van der Waals surface area contributed by atoms with Crippen molar-refractivity contribution < 1.29 is 19.0 Å². The maximum absolute atomic E-state index is 13.5. The number of methoxy groups -OCH3 is 3. The highest BCUT2D eigenvalue weighted by Gasteiger charge is 2.29. The summed E-state index contributed by atoms with van der Waals surface area (Å²) in [5.74, 6) is 0.813. The van der Waals surface area contributed by atoms with Gasteiger partial charge in [-0.2, -0.15) is 0 Å². The third kappa shape index (κ3) is 4.09. The highest BCUT2D eigenvalue weighted by molar-refractivity contribution is 6.07. The van der Waals surface area contributed by atoms with Crippen LogP contribution in [0.25, 0.3) is 10.9 Å². The Morgan fingerprint density at radius 3 is 2.20 bits per heavy atom. The van der Waals surface area contributed by atoms with E-state index < -0.39 is 0 Å². The Kier molecular flexibility index (Phi) is 6.39. The van der Waals surface area contributed by atoms with Crippen molar-refractivity contribution in [3.05, 3.63) is 30.0 Å². The molecule has 1 aromatic heterocycles. The zero-order valence-electron chi connectivity index (χ0n) is 18.1. The second kappa shape index (κ2) is 9.18. The van der Waals surface area contributed by atoms with Gasteiger partial charge < -0.3 is 24.0 Å². The van der Waals surface area contributed by atoms with Crippen molar-refractivity contribution in [1.29, 1.82) is 0 Å². The third-order valence-electron chi connectivity index (χ3n) is 6.43. The number of carbonyl (C=O) groups is 1. The van der Waals surface area contributed by atoms with E-state index in [0.29, 0.717) is 18.7 Å². The molecule has 0 spiro atoms. The van der Waals surface area contributed by atoms with Crippen molar-refractivity contribution >= 4 is 22.5 Å². The van der Waals surface area contributed by atoms with E-state index in [1.165, 1.54) is 0 Å². The van der Waals surface area contributed by atoms with Crippen LogP contribution in [0.4, 0.5) is 5.69 Å².